The molecule has 0 saturated heterocycles. The maximum absolute atomic E-state index is 11.8. The summed E-state index contributed by atoms with van der Waals surface area (Å²) in [4.78, 5) is 33.7. The smallest absolute Gasteiger partial charge is 0.311 e. The molecule has 1 aromatic heterocycles. The van der Waals surface area contributed by atoms with Crippen LogP contribution in [0.2, 0.25) is 0 Å². The number of carbonyl (C=O) groups excluding carboxylic acids is 2. The zero-order valence-electron chi connectivity index (χ0n) is 10.7. The molecule has 0 aliphatic heterocycles. The highest BCUT2D eigenvalue weighted by Crippen LogP contribution is 2.11. The Morgan fingerprint density at radius 1 is 1.37 bits per heavy atom. The predicted molar refractivity (Wildman–Crippen MR) is 65.7 cm³/mol. The number of amides is 2. The van der Waals surface area contributed by atoms with Crippen molar-refractivity contribution in [3.8, 4) is 0 Å². The Kier molecular flexibility index (Phi) is 5.11. The van der Waals surface area contributed by atoms with Gasteiger partial charge in [0, 0.05) is 6.04 Å². The largest absolute Gasteiger partial charge is 0.481 e. The fourth-order valence-electron chi connectivity index (χ4n) is 1.45. The van der Waals surface area contributed by atoms with E-state index in [4.69, 9.17) is 9.52 Å². The van der Waals surface area contributed by atoms with Gasteiger partial charge in [0.1, 0.15) is 12.2 Å². The fourth-order valence-corrected chi connectivity index (χ4v) is 1.45. The highest BCUT2D eigenvalue weighted by molar-refractivity contribution is 5.97. The molecule has 0 radical (unpaired) electrons. The van der Waals surface area contributed by atoms with Crippen molar-refractivity contribution in [1.82, 2.24) is 10.6 Å². The zero-order chi connectivity index (χ0) is 14.4. The van der Waals surface area contributed by atoms with Crippen molar-refractivity contribution in [1.29, 1.82) is 0 Å². The van der Waals surface area contributed by atoms with E-state index >= 15 is 0 Å². The molecular weight excluding hydrogens is 252 g/mol. The topological polar surface area (TPSA) is 109 Å². The lowest BCUT2D eigenvalue weighted by molar-refractivity contribution is -0.136. The zero-order valence-corrected chi connectivity index (χ0v) is 10.7. The first-order valence-electron chi connectivity index (χ1n) is 5.76. The number of hydrogen-bond donors (Lipinski definition) is 3. The van der Waals surface area contributed by atoms with Gasteiger partial charge in [0.25, 0.3) is 5.91 Å². The van der Waals surface area contributed by atoms with E-state index in [0.717, 1.165) is 0 Å². The van der Waals surface area contributed by atoms with Crippen LogP contribution in [0.4, 0.5) is 0 Å². The molecule has 2 amide bonds. The summed E-state index contributed by atoms with van der Waals surface area (Å²) in [6, 6.07) is 1.36. The Morgan fingerprint density at radius 2 is 2.05 bits per heavy atom. The summed E-state index contributed by atoms with van der Waals surface area (Å²) in [6.07, 6.45) is 0.856. The Balaban J connectivity index is 2.56. The number of hydrogen-bond acceptors (Lipinski definition) is 4. The first kappa shape index (κ1) is 14.7. The van der Waals surface area contributed by atoms with Gasteiger partial charge in [0.05, 0.1) is 18.4 Å². The molecule has 1 rings (SSSR count). The molecule has 0 aliphatic carbocycles. The van der Waals surface area contributed by atoms with Crippen LogP contribution in [0.3, 0.4) is 0 Å². The number of carboxylic acid groups (broad SMARTS) is 1. The Bertz CT molecular complexity index is 478. The van der Waals surface area contributed by atoms with E-state index in [1.807, 2.05) is 0 Å². The summed E-state index contributed by atoms with van der Waals surface area (Å²) < 4.78 is 4.93. The summed E-state index contributed by atoms with van der Waals surface area (Å²) in [7, 11) is 0. The lowest BCUT2D eigenvalue weighted by Gasteiger charge is -2.09. The van der Waals surface area contributed by atoms with Gasteiger partial charge in [-0.3, -0.25) is 14.4 Å². The molecule has 0 spiro atoms. The third kappa shape index (κ3) is 4.82. The van der Waals surface area contributed by atoms with Crippen molar-refractivity contribution in [2.24, 2.45) is 0 Å². The summed E-state index contributed by atoms with van der Waals surface area (Å²) in [5, 5.41) is 13.7. The molecule has 7 heteroatoms. The standard InChI is InChI=1S/C12H16N2O5/c1-7(2)14-10(15)6-13-12(18)8-3-4-19-9(8)5-11(16)17/h3-4,7H,5-6H2,1-2H3,(H,13,18)(H,14,15)(H,16,17). The van der Waals surface area contributed by atoms with Crippen LogP contribution >= 0.6 is 0 Å². The number of carboxylic acids is 1. The van der Waals surface area contributed by atoms with E-state index in [-0.39, 0.29) is 36.2 Å². The van der Waals surface area contributed by atoms with Gasteiger partial charge in [-0.05, 0) is 19.9 Å². The van der Waals surface area contributed by atoms with Gasteiger partial charge in [-0.25, -0.2) is 0 Å². The van der Waals surface area contributed by atoms with Crippen molar-refractivity contribution in [3.05, 3.63) is 23.7 Å². The molecule has 0 saturated carbocycles. The highest BCUT2D eigenvalue weighted by atomic mass is 16.4. The molecule has 0 atom stereocenters. The Labute approximate surface area is 110 Å². The van der Waals surface area contributed by atoms with Crippen LogP contribution in [-0.4, -0.2) is 35.5 Å². The van der Waals surface area contributed by atoms with E-state index in [1.54, 1.807) is 13.8 Å². The van der Waals surface area contributed by atoms with Gasteiger partial charge in [-0.1, -0.05) is 0 Å². The Hall–Kier alpha value is -2.31. The van der Waals surface area contributed by atoms with E-state index in [9.17, 15) is 14.4 Å². The summed E-state index contributed by atoms with van der Waals surface area (Å²) >= 11 is 0. The maximum Gasteiger partial charge on any atom is 0.311 e. The normalized spacial score (nSPS) is 10.3. The van der Waals surface area contributed by atoms with Crippen LogP contribution in [0.25, 0.3) is 0 Å². The molecule has 0 aromatic carbocycles. The van der Waals surface area contributed by atoms with Gasteiger partial charge in [0.2, 0.25) is 5.91 Å². The minimum atomic E-state index is -1.10. The van der Waals surface area contributed by atoms with Crippen LogP contribution in [-0.2, 0) is 16.0 Å². The maximum atomic E-state index is 11.8. The minimum absolute atomic E-state index is 0.0131. The van der Waals surface area contributed by atoms with Gasteiger partial charge in [-0.15, -0.1) is 0 Å². The molecule has 7 nitrogen and oxygen atoms in total. The summed E-state index contributed by atoms with van der Waals surface area (Å²) in [5.41, 5.74) is 0.125. The number of aliphatic carboxylic acids is 1. The molecule has 104 valence electrons. The monoisotopic (exact) mass is 268 g/mol. The molecule has 1 heterocycles. The molecule has 3 N–H and O–H groups in total. The van der Waals surface area contributed by atoms with Crippen molar-refractivity contribution < 1.29 is 23.9 Å². The lowest BCUT2D eigenvalue weighted by atomic mass is 10.2. The molecule has 1 aromatic rings. The van der Waals surface area contributed by atoms with Gasteiger partial charge in [0.15, 0.2) is 0 Å². The molecular formula is C12H16N2O5. The average molecular weight is 268 g/mol. The van der Waals surface area contributed by atoms with E-state index in [2.05, 4.69) is 10.6 Å². The number of carbonyl (C=O) groups is 3. The number of nitrogens with one attached hydrogen (secondary N) is 2. The fraction of sp³-hybridized carbons (Fsp3) is 0.417. The van der Waals surface area contributed by atoms with Crippen LogP contribution in [0.15, 0.2) is 16.7 Å². The van der Waals surface area contributed by atoms with Crippen LogP contribution < -0.4 is 10.6 Å². The van der Waals surface area contributed by atoms with Gasteiger partial charge < -0.3 is 20.2 Å². The quantitative estimate of drug-likeness (QED) is 0.681. The van der Waals surface area contributed by atoms with Crippen LogP contribution in [0.1, 0.15) is 30.0 Å². The Morgan fingerprint density at radius 3 is 2.63 bits per heavy atom. The van der Waals surface area contributed by atoms with Crippen molar-refractivity contribution >= 4 is 17.8 Å². The number of furan rings is 1. The second-order valence-electron chi connectivity index (χ2n) is 4.23. The molecule has 0 unspecified atom stereocenters. The van der Waals surface area contributed by atoms with E-state index in [1.165, 1.54) is 12.3 Å². The van der Waals surface area contributed by atoms with Crippen molar-refractivity contribution in [2.75, 3.05) is 6.54 Å². The molecule has 0 aliphatic rings. The third-order valence-electron chi connectivity index (χ3n) is 2.16. The van der Waals surface area contributed by atoms with Gasteiger partial charge in [-0.2, -0.15) is 0 Å². The first-order valence-corrected chi connectivity index (χ1v) is 5.76. The van der Waals surface area contributed by atoms with Crippen molar-refractivity contribution in [2.45, 2.75) is 26.3 Å². The second kappa shape index (κ2) is 6.58. The minimum Gasteiger partial charge on any atom is -0.481 e. The first-order chi connectivity index (χ1) is 8.90. The highest BCUT2D eigenvalue weighted by Gasteiger charge is 2.17. The van der Waals surface area contributed by atoms with E-state index in [0.29, 0.717) is 0 Å². The van der Waals surface area contributed by atoms with Crippen LogP contribution in [0.5, 0.6) is 0 Å². The van der Waals surface area contributed by atoms with Gasteiger partial charge >= 0.3 is 5.97 Å². The summed E-state index contributed by atoms with van der Waals surface area (Å²) in [6.45, 7) is 3.44. The lowest BCUT2D eigenvalue weighted by Crippen LogP contribution is -2.39. The third-order valence-corrected chi connectivity index (χ3v) is 2.16. The molecule has 19 heavy (non-hydrogen) atoms. The summed E-state index contributed by atoms with van der Waals surface area (Å²) in [5.74, 6) is -1.88. The van der Waals surface area contributed by atoms with Crippen molar-refractivity contribution in [3.63, 3.8) is 0 Å². The number of rotatable bonds is 6. The van der Waals surface area contributed by atoms with Crippen LogP contribution in [0, 0.1) is 0 Å². The molecule has 0 bridgehead atoms. The average Bonchev–Trinajstić information content (AvgIpc) is 2.72. The SMILES string of the molecule is CC(C)NC(=O)CNC(=O)c1ccoc1CC(=O)O. The van der Waals surface area contributed by atoms with E-state index < -0.39 is 11.9 Å². The predicted octanol–water partition coefficient (Wildman–Crippen LogP) is 0.161. The molecule has 0 fully saturated rings. The second-order valence-corrected chi connectivity index (χ2v) is 4.23.